The molecule has 0 aromatic heterocycles. The Morgan fingerprint density at radius 1 is 1.21 bits per heavy atom. The van der Waals surface area contributed by atoms with Crippen LogP contribution >= 0.6 is 15.9 Å². The Labute approximate surface area is 206 Å². The first-order valence-electron chi connectivity index (χ1n) is 11.0. The summed E-state index contributed by atoms with van der Waals surface area (Å²) >= 11 is 3.49. The Hall–Kier alpha value is -3.52. The summed E-state index contributed by atoms with van der Waals surface area (Å²) in [7, 11) is 1.61. The van der Waals surface area contributed by atoms with Gasteiger partial charge in [-0.25, -0.2) is 4.79 Å². The minimum absolute atomic E-state index is 0.149. The number of carbonyl (C=O) groups is 2. The molecule has 2 atom stereocenters. The Morgan fingerprint density at radius 2 is 2.03 bits per heavy atom. The second-order valence-electron chi connectivity index (χ2n) is 8.59. The number of methoxy groups -OCH3 is 1. The lowest BCUT2D eigenvalue weighted by atomic mass is 9.90. The van der Waals surface area contributed by atoms with Crippen LogP contribution in [0.2, 0.25) is 0 Å². The molecule has 0 radical (unpaired) electrons. The highest BCUT2D eigenvalue weighted by Gasteiger charge is 2.49. The number of anilines is 1. The van der Waals surface area contributed by atoms with Crippen molar-refractivity contribution in [2.45, 2.75) is 31.7 Å². The maximum atomic E-state index is 13.2. The minimum atomic E-state index is -0.885. The maximum Gasteiger partial charge on any atom is 0.325 e. The van der Waals surface area contributed by atoms with Crippen LogP contribution in [-0.2, 0) is 6.54 Å². The number of rotatable bonds is 5. The third kappa shape index (κ3) is 4.09. The molecule has 7 nitrogen and oxygen atoms in total. The van der Waals surface area contributed by atoms with Gasteiger partial charge in [0.05, 0.1) is 18.8 Å². The molecule has 2 bridgehead atoms. The summed E-state index contributed by atoms with van der Waals surface area (Å²) in [4.78, 5) is 27.6. The van der Waals surface area contributed by atoms with Gasteiger partial charge in [-0.3, -0.25) is 9.69 Å². The van der Waals surface area contributed by atoms with Gasteiger partial charge in [-0.15, -0.1) is 0 Å². The van der Waals surface area contributed by atoms with Crippen LogP contribution < -0.4 is 25.0 Å². The van der Waals surface area contributed by atoms with E-state index in [1.54, 1.807) is 30.2 Å². The summed E-state index contributed by atoms with van der Waals surface area (Å²) in [6, 6.07) is 19.9. The average molecular weight is 522 g/mol. The van der Waals surface area contributed by atoms with Gasteiger partial charge in [0.25, 0.3) is 5.91 Å². The fourth-order valence-corrected chi connectivity index (χ4v) is 4.97. The van der Waals surface area contributed by atoms with E-state index in [4.69, 9.17) is 9.47 Å². The number of fused-ring (bicyclic) bond motifs is 4. The minimum Gasteiger partial charge on any atom is -0.497 e. The first-order chi connectivity index (χ1) is 16.4. The molecule has 2 heterocycles. The number of hydrogen-bond acceptors (Lipinski definition) is 4. The van der Waals surface area contributed by atoms with Crippen molar-refractivity contribution in [1.29, 1.82) is 0 Å². The van der Waals surface area contributed by atoms with E-state index in [-0.39, 0.29) is 18.0 Å². The van der Waals surface area contributed by atoms with Crippen molar-refractivity contribution >= 4 is 33.6 Å². The van der Waals surface area contributed by atoms with Gasteiger partial charge in [-0.2, -0.15) is 0 Å². The Balaban J connectivity index is 1.38. The topological polar surface area (TPSA) is 79.9 Å². The van der Waals surface area contributed by atoms with Gasteiger partial charge in [-0.1, -0.05) is 34.1 Å². The fourth-order valence-electron chi connectivity index (χ4n) is 4.59. The van der Waals surface area contributed by atoms with Crippen molar-refractivity contribution < 1.29 is 19.1 Å². The van der Waals surface area contributed by atoms with Crippen LogP contribution in [-0.4, -0.2) is 24.8 Å². The van der Waals surface area contributed by atoms with Gasteiger partial charge in [0.1, 0.15) is 11.5 Å². The number of halogens is 1. The molecular formula is C26H24BrN3O4. The van der Waals surface area contributed by atoms with Crippen molar-refractivity contribution in [1.82, 2.24) is 10.6 Å². The quantitative estimate of drug-likeness (QED) is 0.486. The third-order valence-corrected chi connectivity index (χ3v) is 6.68. The zero-order valence-corrected chi connectivity index (χ0v) is 20.4. The average Bonchev–Trinajstić information content (AvgIpc) is 2.83. The molecule has 2 unspecified atom stereocenters. The molecule has 3 amide bonds. The van der Waals surface area contributed by atoms with Gasteiger partial charge >= 0.3 is 6.03 Å². The molecular weight excluding hydrogens is 498 g/mol. The van der Waals surface area contributed by atoms with Crippen LogP contribution in [0.5, 0.6) is 11.5 Å². The highest BCUT2D eigenvalue weighted by Crippen LogP contribution is 2.46. The molecule has 8 heteroatoms. The van der Waals surface area contributed by atoms with E-state index < -0.39 is 5.72 Å². The summed E-state index contributed by atoms with van der Waals surface area (Å²) in [5, 5.41) is 6.01. The molecule has 2 aliphatic heterocycles. The molecule has 2 N–H and O–H groups in total. The van der Waals surface area contributed by atoms with E-state index in [0.29, 0.717) is 24.2 Å². The highest BCUT2D eigenvalue weighted by atomic mass is 79.9. The number of nitrogens with zero attached hydrogens (tertiary/aromatic N) is 1. The molecule has 0 spiro atoms. The Bertz CT molecular complexity index is 1280. The van der Waals surface area contributed by atoms with Gasteiger partial charge in [0, 0.05) is 28.6 Å². The zero-order chi connectivity index (χ0) is 23.9. The van der Waals surface area contributed by atoms with Crippen molar-refractivity contribution in [2.75, 3.05) is 12.0 Å². The lowest BCUT2D eigenvalue weighted by Crippen LogP contribution is -2.65. The predicted molar refractivity (Wildman–Crippen MR) is 132 cm³/mol. The normalized spacial score (nSPS) is 20.6. The molecule has 5 rings (SSSR count). The molecule has 3 aromatic rings. The van der Waals surface area contributed by atoms with Crippen LogP contribution in [0.1, 0.15) is 40.9 Å². The second kappa shape index (κ2) is 8.68. The van der Waals surface area contributed by atoms with Crippen LogP contribution in [0.4, 0.5) is 10.5 Å². The maximum absolute atomic E-state index is 13.2. The van der Waals surface area contributed by atoms with Gasteiger partial charge in [0.15, 0.2) is 5.72 Å². The van der Waals surface area contributed by atoms with Gasteiger partial charge in [-0.05, 0) is 61.0 Å². The summed E-state index contributed by atoms with van der Waals surface area (Å²) in [6.07, 6.45) is 0.578. The van der Waals surface area contributed by atoms with Crippen LogP contribution in [0.15, 0.2) is 71.2 Å². The molecule has 0 aliphatic carbocycles. The first-order valence-corrected chi connectivity index (χ1v) is 11.8. The first kappa shape index (κ1) is 22.3. The Kier molecular flexibility index (Phi) is 5.69. The molecule has 3 aromatic carbocycles. The summed E-state index contributed by atoms with van der Waals surface area (Å²) in [5.74, 6) is 1.24. The van der Waals surface area contributed by atoms with Crippen LogP contribution in [0, 0.1) is 0 Å². The van der Waals surface area contributed by atoms with E-state index >= 15 is 0 Å². The monoisotopic (exact) mass is 521 g/mol. The summed E-state index contributed by atoms with van der Waals surface area (Å²) in [6.45, 7) is 2.26. The smallest absolute Gasteiger partial charge is 0.325 e. The zero-order valence-electron chi connectivity index (χ0n) is 18.8. The summed E-state index contributed by atoms with van der Waals surface area (Å²) < 4.78 is 12.5. The standard InChI is InChI=1S/C26H24BrN3O4/c1-26-14-22(21-13-18(27)9-10-23(21)34-26)29-25(32)30(26)19-7-4-6-17(12-19)24(31)28-15-16-5-3-8-20(11-16)33-2/h3-13,22H,14-15H2,1-2H3,(H,28,31)(H,29,32). The van der Waals surface area contributed by atoms with Crippen molar-refractivity contribution in [3.63, 3.8) is 0 Å². The second-order valence-corrected chi connectivity index (χ2v) is 9.50. The number of benzene rings is 3. The highest BCUT2D eigenvalue weighted by molar-refractivity contribution is 9.10. The van der Waals surface area contributed by atoms with Crippen LogP contribution in [0.3, 0.4) is 0 Å². The number of hydrogen-bond donors (Lipinski definition) is 2. The fraction of sp³-hybridized carbons (Fsp3) is 0.231. The molecule has 1 fully saturated rings. The van der Waals surface area contributed by atoms with Crippen molar-refractivity contribution in [3.05, 3.63) is 87.9 Å². The largest absolute Gasteiger partial charge is 0.497 e. The van der Waals surface area contributed by atoms with E-state index in [1.165, 1.54) is 0 Å². The molecule has 0 saturated carbocycles. The van der Waals surface area contributed by atoms with E-state index in [1.807, 2.05) is 55.5 Å². The number of nitrogens with one attached hydrogen (secondary N) is 2. The molecule has 174 valence electrons. The third-order valence-electron chi connectivity index (χ3n) is 6.19. The molecule has 1 saturated heterocycles. The van der Waals surface area contributed by atoms with Gasteiger partial charge in [0.2, 0.25) is 0 Å². The number of urea groups is 1. The molecule has 34 heavy (non-hydrogen) atoms. The van der Waals surface area contributed by atoms with Crippen molar-refractivity contribution in [3.8, 4) is 11.5 Å². The SMILES string of the molecule is COc1cccc(CNC(=O)c2cccc(N3C(=O)NC4CC3(C)Oc3ccc(Br)cc34)c2)c1. The van der Waals surface area contributed by atoms with Gasteiger partial charge < -0.3 is 20.1 Å². The van der Waals surface area contributed by atoms with Crippen molar-refractivity contribution in [2.24, 2.45) is 0 Å². The van der Waals surface area contributed by atoms with E-state index in [9.17, 15) is 9.59 Å². The number of carbonyl (C=O) groups excluding carboxylic acids is 2. The van der Waals surface area contributed by atoms with E-state index in [2.05, 4.69) is 26.6 Å². The summed E-state index contributed by atoms with van der Waals surface area (Å²) in [5.41, 5.74) is 2.04. The predicted octanol–water partition coefficient (Wildman–Crippen LogP) is 5.16. The molecule has 2 aliphatic rings. The Morgan fingerprint density at radius 3 is 2.85 bits per heavy atom. The lowest BCUT2D eigenvalue weighted by Gasteiger charge is -2.50. The number of ether oxygens (including phenoxy) is 2. The van der Waals surface area contributed by atoms with E-state index in [0.717, 1.165) is 27.1 Å². The number of amides is 3. The lowest BCUT2D eigenvalue weighted by molar-refractivity contribution is 0.0378. The van der Waals surface area contributed by atoms with Crippen LogP contribution in [0.25, 0.3) is 0 Å².